The predicted octanol–water partition coefficient (Wildman–Crippen LogP) is 4.45. The summed E-state index contributed by atoms with van der Waals surface area (Å²) in [6.45, 7) is 12.0. The molecule has 42 heavy (non-hydrogen) atoms. The first-order chi connectivity index (χ1) is 19.9. The van der Waals surface area contributed by atoms with Gasteiger partial charge in [0.15, 0.2) is 5.79 Å². The number of rotatable bonds is 1. The summed E-state index contributed by atoms with van der Waals surface area (Å²) in [4.78, 5) is 14.0. The lowest BCUT2D eigenvalue weighted by atomic mass is 9.71. The Bertz CT molecular complexity index is 1200. The van der Waals surface area contributed by atoms with E-state index in [1.54, 1.807) is 13.0 Å². The van der Waals surface area contributed by atoms with E-state index < -0.39 is 47.7 Å². The molecule has 1 spiro atoms. The van der Waals surface area contributed by atoms with Gasteiger partial charge in [-0.05, 0) is 63.2 Å². The van der Waals surface area contributed by atoms with Crippen LogP contribution in [0.4, 0.5) is 0 Å². The molecule has 8 heteroatoms. The summed E-state index contributed by atoms with van der Waals surface area (Å²) < 4.78 is 25.5. The monoisotopic (exact) mass is 584 g/mol. The van der Waals surface area contributed by atoms with E-state index in [1.165, 1.54) is 5.57 Å². The predicted molar refractivity (Wildman–Crippen MR) is 158 cm³/mol. The summed E-state index contributed by atoms with van der Waals surface area (Å²) >= 11 is 0. The number of ether oxygens (including phenoxy) is 4. The van der Waals surface area contributed by atoms with Crippen LogP contribution in [0.2, 0.25) is 0 Å². The van der Waals surface area contributed by atoms with Crippen LogP contribution in [0.3, 0.4) is 0 Å². The Morgan fingerprint density at radius 3 is 2.62 bits per heavy atom. The molecule has 0 aromatic rings. The van der Waals surface area contributed by atoms with Gasteiger partial charge in [0.05, 0.1) is 24.9 Å². The maximum absolute atomic E-state index is 14.0. The molecule has 0 saturated carbocycles. The van der Waals surface area contributed by atoms with Crippen molar-refractivity contribution < 1.29 is 39.1 Å². The molecule has 3 saturated heterocycles. The zero-order valence-electron chi connectivity index (χ0n) is 25.8. The van der Waals surface area contributed by atoms with E-state index in [9.17, 15) is 20.1 Å². The van der Waals surface area contributed by atoms with Crippen LogP contribution < -0.4 is 0 Å². The van der Waals surface area contributed by atoms with Gasteiger partial charge in [-0.1, -0.05) is 55.9 Å². The Balaban J connectivity index is 1.53. The van der Waals surface area contributed by atoms with E-state index in [2.05, 4.69) is 26.0 Å². The zero-order valence-corrected chi connectivity index (χ0v) is 25.8. The van der Waals surface area contributed by atoms with Crippen molar-refractivity contribution in [3.05, 3.63) is 58.7 Å². The van der Waals surface area contributed by atoms with Crippen molar-refractivity contribution in [2.24, 2.45) is 17.8 Å². The third kappa shape index (κ3) is 5.86. The molecule has 3 N–H and O–H groups in total. The van der Waals surface area contributed by atoms with Crippen LogP contribution in [0.15, 0.2) is 58.7 Å². The molecule has 5 rings (SSSR count). The lowest BCUT2D eigenvalue weighted by molar-refractivity contribution is -0.342. The van der Waals surface area contributed by atoms with E-state index >= 15 is 0 Å². The fourth-order valence-electron chi connectivity index (χ4n) is 7.39. The van der Waals surface area contributed by atoms with E-state index in [-0.39, 0.29) is 43.5 Å². The lowest BCUT2D eigenvalue weighted by Crippen LogP contribution is -2.59. The van der Waals surface area contributed by atoms with E-state index in [4.69, 9.17) is 18.9 Å². The van der Waals surface area contributed by atoms with Gasteiger partial charge in [0.1, 0.15) is 29.8 Å². The normalized spacial score (nSPS) is 45.1. The molecule has 5 aliphatic rings. The van der Waals surface area contributed by atoms with Crippen molar-refractivity contribution in [3.8, 4) is 0 Å². The fraction of sp³-hybridized carbons (Fsp3) is 0.676. The topological polar surface area (TPSA) is 115 Å². The molecule has 0 amide bonds. The largest absolute Gasteiger partial charge is 0.462 e. The molecule has 232 valence electrons. The third-order valence-electron chi connectivity index (χ3n) is 9.97. The molecule has 0 radical (unpaired) electrons. The second-order valence-electron chi connectivity index (χ2n) is 13.3. The first-order valence-electron chi connectivity index (χ1n) is 15.5. The molecule has 3 fully saturated rings. The van der Waals surface area contributed by atoms with Crippen molar-refractivity contribution in [3.63, 3.8) is 0 Å². The minimum atomic E-state index is -1.74. The summed E-state index contributed by atoms with van der Waals surface area (Å²) in [5, 5.41) is 34.1. The highest BCUT2D eigenvalue weighted by Crippen LogP contribution is 2.47. The first kappa shape index (κ1) is 31.4. The molecule has 8 nitrogen and oxygen atoms in total. The van der Waals surface area contributed by atoms with E-state index in [0.29, 0.717) is 24.0 Å². The van der Waals surface area contributed by atoms with Crippen LogP contribution >= 0.6 is 0 Å². The van der Waals surface area contributed by atoms with Crippen LogP contribution in [-0.4, -0.2) is 75.9 Å². The fourth-order valence-corrected chi connectivity index (χ4v) is 7.39. The van der Waals surface area contributed by atoms with Gasteiger partial charge in [0, 0.05) is 25.2 Å². The number of carbonyl (C=O) groups excluding carboxylic acids is 1. The molecular formula is C34H48O8. The Morgan fingerprint density at radius 2 is 1.88 bits per heavy atom. The van der Waals surface area contributed by atoms with Gasteiger partial charge < -0.3 is 34.3 Å². The van der Waals surface area contributed by atoms with Gasteiger partial charge in [-0.2, -0.15) is 0 Å². The molecule has 0 aromatic heterocycles. The molecular weight excluding hydrogens is 536 g/mol. The maximum atomic E-state index is 14.0. The van der Waals surface area contributed by atoms with Crippen molar-refractivity contribution >= 4 is 5.97 Å². The van der Waals surface area contributed by atoms with Gasteiger partial charge in [-0.3, -0.25) is 4.79 Å². The quantitative estimate of drug-likeness (QED) is 0.306. The maximum Gasteiger partial charge on any atom is 0.316 e. The summed E-state index contributed by atoms with van der Waals surface area (Å²) in [5.74, 6) is -2.61. The number of hydrogen-bond donors (Lipinski definition) is 3. The highest BCUT2D eigenvalue weighted by Gasteiger charge is 2.60. The Labute approximate surface area is 249 Å². The molecule has 4 aliphatic heterocycles. The molecule has 1 aliphatic carbocycles. The number of aliphatic hydroxyl groups excluding tert-OH is 2. The van der Waals surface area contributed by atoms with Crippen LogP contribution in [-0.2, 0) is 23.7 Å². The van der Waals surface area contributed by atoms with Crippen molar-refractivity contribution in [1.29, 1.82) is 0 Å². The van der Waals surface area contributed by atoms with Crippen LogP contribution in [0, 0.1) is 17.8 Å². The van der Waals surface area contributed by atoms with Gasteiger partial charge in [-0.15, -0.1) is 0 Å². The van der Waals surface area contributed by atoms with Gasteiger partial charge in [-0.25, -0.2) is 0 Å². The summed E-state index contributed by atoms with van der Waals surface area (Å²) in [6.07, 6.45) is 10.3. The van der Waals surface area contributed by atoms with Crippen LogP contribution in [0.5, 0.6) is 0 Å². The Morgan fingerprint density at radius 1 is 1.12 bits per heavy atom. The number of esters is 1. The highest BCUT2D eigenvalue weighted by molar-refractivity contribution is 5.78. The number of aliphatic hydroxyl groups is 3. The van der Waals surface area contributed by atoms with Gasteiger partial charge in [0.2, 0.25) is 0 Å². The van der Waals surface area contributed by atoms with E-state index in [1.807, 2.05) is 39.0 Å². The van der Waals surface area contributed by atoms with Gasteiger partial charge in [0.25, 0.3) is 0 Å². The first-order valence-corrected chi connectivity index (χ1v) is 15.5. The molecule has 2 bridgehead atoms. The van der Waals surface area contributed by atoms with Crippen LogP contribution in [0.1, 0.15) is 73.6 Å². The molecule has 11 unspecified atom stereocenters. The van der Waals surface area contributed by atoms with E-state index in [0.717, 1.165) is 12.0 Å². The SMILES string of the molecule is CC=C(C)C1OC2(CC3CC(CC=C(C)CC(C)C=CC=C4COC5C(O)C(C)=CC(C(=O)O3)C45O)O2)CC(O)C1C. The minimum absolute atomic E-state index is 0.110. The smallest absolute Gasteiger partial charge is 0.316 e. The number of fused-ring (bicyclic) bond motifs is 2. The summed E-state index contributed by atoms with van der Waals surface area (Å²) in [5.41, 5.74) is 1.61. The second-order valence-corrected chi connectivity index (χ2v) is 13.3. The lowest BCUT2D eigenvalue weighted by Gasteiger charge is -2.51. The van der Waals surface area contributed by atoms with Crippen molar-refractivity contribution in [2.75, 3.05) is 6.61 Å². The average molecular weight is 585 g/mol. The zero-order chi connectivity index (χ0) is 30.4. The molecule has 11 atom stereocenters. The number of carbonyl (C=O) groups is 1. The summed E-state index contributed by atoms with van der Waals surface area (Å²) in [7, 11) is 0. The van der Waals surface area contributed by atoms with Gasteiger partial charge >= 0.3 is 5.97 Å². The molecule has 4 heterocycles. The molecule has 0 aromatic carbocycles. The standard InChI is InChI=1S/C34H48O8/c1-7-21(4)30-23(6)28(35)17-33(42-30)16-26-15-25(41-33)12-11-20(3)13-19(2)9-8-10-24-18-39-31-29(36)22(5)14-27(32(37)40-26)34(24,31)38/h7-11,14,19,23,25-31,35-36,38H,12-13,15-18H2,1-6H3. The van der Waals surface area contributed by atoms with Crippen LogP contribution in [0.25, 0.3) is 0 Å². The Kier molecular flexibility index (Phi) is 9.06. The highest BCUT2D eigenvalue weighted by atomic mass is 16.7. The van der Waals surface area contributed by atoms with Crippen molar-refractivity contribution in [2.45, 2.75) is 122 Å². The minimum Gasteiger partial charge on any atom is -0.462 e. The second kappa shape index (κ2) is 12.1. The number of hydrogen-bond acceptors (Lipinski definition) is 8. The van der Waals surface area contributed by atoms with Crippen molar-refractivity contribution in [1.82, 2.24) is 0 Å². The Hall–Kier alpha value is -2.07. The summed E-state index contributed by atoms with van der Waals surface area (Å²) in [6, 6.07) is 0. The number of allylic oxidation sites excluding steroid dienone is 5. The average Bonchev–Trinajstić information content (AvgIpc) is 3.27. The third-order valence-corrected chi connectivity index (χ3v) is 9.97.